The monoisotopic (exact) mass is 282 g/mol. The third-order valence-electron chi connectivity index (χ3n) is 2.99. The standard InChI is InChI=1S/C13H15BrO2/c1-9-5-4-8-11(12(9)14)13(15)16-10-6-2-3-7-10/h4-5,8,10H,2-3,6-7H2,1H3. The topological polar surface area (TPSA) is 26.3 Å². The van der Waals surface area contributed by atoms with Crippen LogP contribution in [0, 0.1) is 6.92 Å². The summed E-state index contributed by atoms with van der Waals surface area (Å²) in [5, 5.41) is 0. The van der Waals surface area contributed by atoms with Gasteiger partial charge in [0.2, 0.25) is 0 Å². The molecule has 0 atom stereocenters. The van der Waals surface area contributed by atoms with Gasteiger partial charge in [0.05, 0.1) is 5.56 Å². The van der Waals surface area contributed by atoms with E-state index in [1.807, 2.05) is 19.1 Å². The summed E-state index contributed by atoms with van der Waals surface area (Å²) < 4.78 is 6.31. The molecule has 1 aromatic carbocycles. The van der Waals surface area contributed by atoms with Crippen LogP contribution in [0.3, 0.4) is 0 Å². The van der Waals surface area contributed by atoms with E-state index in [0.717, 1.165) is 22.9 Å². The van der Waals surface area contributed by atoms with Crippen molar-refractivity contribution in [2.45, 2.75) is 38.7 Å². The Balaban J connectivity index is 2.11. The fraction of sp³-hybridized carbons (Fsp3) is 0.462. The van der Waals surface area contributed by atoms with Gasteiger partial charge in [-0.15, -0.1) is 0 Å². The first kappa shape index (κ1) is 11.6. The Hall–Kier alpha value is -0.830. The van der Waals surface area contributed by atoms with E-state index in [2.05, 4.69) is 15.9 Å². The maximum atomic E-state index is 11.9. The van der Waals surface area contributed by atoms with Gasteiger partial charge >= 0.3 is 5.97 Å². The molecule has 3 heteroatoms. The first-order valence-corrected chi connectivity index (χ1v) is 6.44. The number of carbonyl (C=O) groups excluding carboxylic acids is 1. The van der Waals surface area contributed by atoms with Crippen molar-refractivity contribution >= 4 is 21.9 Å². The number of rotatable bonds is 2. The largest absolute Gasteiger partial charge is 0.459 e. The summed E-state index contributed by atoms with van der Waals surface area (Å²) in [5.41, 5.74) is 1.69. The quantitative estimate of drug-likeness (QED) is 0.770. The van der Waals surface area contributed by atoms with Gasteiger partial charge in [0.1, 0.15) is 6.10 Å². The lowest BCUT2D eigenvalue weighted by atomic mass is 10.1. The van der Waals surface area contributed by atoms with Gasteiger partial charge in [0, 0.05) is 4.47 Å². The first-order valence-electron chi connectivity index (χ1n) is 5.64. The van der Waals surface area contributed by atoms with E-state index in [1.54, 1.807) is 6.07 Å². The predicted molar refractivity (Wildman–Crippen MR) is 66.6 cm³/mol. The Bertz CT molecular complexity index is 395. The highest BCUT2D eigenvalue weighted by Crippen LogP contribution is 2.25. The Morgan fingerprint density at radius 1 is 1.38 bits per heavy atom. The number of esters is 1. The van der Waals surface area contributed by atoms with E-state index in [0.29, 0.717) is 5.56 Å². The second kappa shape index (κ2) is 5.00. The Morgan fingerprint density at radius 3 is 2.75 bits per heavy atom. The van der Waals surface area contributed by atoms with Gasteiger partial charge in [-0.25, -0.2) is 4.79 Å². The zero-order valence-electron chi connectivity index (χ0n) is 9.33. The number of carbonyl (C=O) groups is 1. The van der Waals surface area contributed by atoms with Crippen LogP contribution in [-0.4, -0.2) is 12.1 Å². The Labute approximate surface area is 104 Å². The second-order valence-electron chi connectivity index (χ2n) is 4.25. The number of halogens is 1. The molecule has 0 N–H and O–H groups in total. The van der Waals surface area contributed by atoms with Crippen LogP contribution in [0.15, 0.2) is 22.7 Å². The normalized spacial score (nSPS) is 16.4. The SMILES string of the molecule is Cc1cccc(C(=O)OC2CCCC2)c1Br. The molecule has 0 radical (unpaired) electrons. The van der Waals surface area contributed by atoms with Gasteiger partial charge < -0.3 is 4.74 Å². The molecule has 1 aliphatic carbocycles. The molecule has 0 heterocycles. The highest BCUT2D eigenvalue weighted by molar-refractivity contribution is 9.10. The number of hydrogen-bond donors (Lipinski definition) is 0. The molecule has 1 aliphatic rings. The zero-order chi connectivity index (χ0) is 11.5. The minimum atomic E-state index is -0.206. The molecule has 0 amide bonds. The molecule has 0 aromatic heterocycles. The summed E-state index contributed by atoms with van der Waals surface area (Å²) in [6.45, 7) is 1.97. The van der Waals surface area contributed by atoms with Crippen molar-refractivity contribution in [3.8, 4) is 0 Å². The lowest BCUT2D eigenvalue weighted by Gasteiger charge is -2.12. The van der Waals surface area contributed by atoms with Crippen molar-refractivity contribution in [2.75, 3.05) is 0 Å². The van der Waals surface area contributed by atoms with Crippen molar-refractivity contribution in [3.63, 3.8) is 0 Å². The van der Waals surface area contributed by atoms with Crippen LogP contribution < -0.4 is 0 Å². The van der Waals surface area contributed by atoms with Crippen LogP contribution in [0.1, 0.15) is 41.6 Å². The molecule has 0 spiro atoms. The Kier molecular flexibility index (Phi) is 3.64. The molecule has 0 unspecified atom stereocenters. The van der Waals surface area contributed by atoms with E-state index >= 15 is 0 Å². The molecule has 86 valence electrons. The van der Waals surface area contributed by atoms with Gasteiger partial charge in [-0.3, -0.25) is 0 Å². The van der Waals surface area contributed by atoms with Crippen molar-refractivity contribution in [1.82, 2.24) is 0 Å². The molecule has 0 saturated heterocycles. The molecule has 1 fully saturated rings. The summed E-state index contributed by atoms with van der Waals surface area (Å²) in [4.78, 5) is 11.9. The molecule has 2 rings (SSSR count). The van der Waals surface area contributed by atoms with Crippen molar-refractivity contribution in [3.05, 3.63) is 33.8 Å². The molecule has 0 aliphatic heterocycles. The molecule has 2 nitrogen and oxygen atoms in total. The predicted octanol–water partition coefficient (Wildman–Crippen LogP) is 3.86. The van der Waals surface area contributed by atoms with Crippen LogP contribution >= 0.6 is 15.9 Å². The second-order valence-corrected chi connectivity index (χ2v) is 5.04. The van der Waals surface area contributed by atoms with Gasteiger partial charge in [-0.1, -0.05) is 12.1 Å². The molecular formula is C13H15BrO2. The average Bonchev–Trinajstić information content (AvgIpc) is 2.74. The summed E-state index contributed by atoms with van der Waals surface area (Å²) in [5.74, 6) is -0.206. The van der Waals surface area contributed by atoms with Crippen LogP contribution in [0.4, 0.5) is 0 Å². The van der Waals surface area contributed by atoms with Crippen LogP contribution in [0.25, 0.3) is 0 Å². The van der Waals surface area contributed by atoms with Crippen molar-refractivity contribution < 1.29 is 9.53 Å². The van der Waals surface area contributed by atoms with E-state index < -0.39 is 0 Å². The smallest absolute Gasteiger partial charge is 0.339 e. The van der Waals surface area contributed by atoms with Crippen LogP contribution in [-0.2, 0) is 4.74 Å². The maximum absolute atomic E-state index is 11.9. The fourth-order valence-corrected chi connectivity index (χ4v) is 2.45. The molecule has 1 aromatic rings. The summed E-state index contributed by atoms with van der Waals surface area (Å²) >= 11 is 3.43. The van der Waals surface area contributed by atoms with Gasteiger partial charge in [-0.2, -0.15) is 0 Å². The molecule has 1 saturated carbocycles. The summed E-state index contributed by atoms with van der Waals surface area (Å²) in [6, 6.07) is 5.65. The highest BCUT2D eigenvalue weighted by atomic mass is 79.9. The third-order valence-corrected chi connectivity index (χ3v) is 4.04. The first-order chi connectivity index (χ1) is 7.68. The van der Waals surface area contributed by atoms with Crippen molar-refractivity contribution in [2.24, 2.45) is 0 Å². The fourth-order valence-electron chi connectivity index (χ4n) is 2.03. The van der Waals surface area contributed by atoms with E-state index in [1.165, 1.54) is 12.8 Å². The van der Waals surface area contributed by atoms with Crippen LogP contribution in [0.5, 0.6) is 0 Å². The van der Waals surface area contributed by atoms with Gasteiger partial charge in [-0.05, 0) is 60.2 Å². The minimum absolute atomic E-state index is 0.125. The van der Waals surface area contributed by atoms with E-state index in [-0.39, 0.29) is 12.1 Å². The van der Waals surface area contributed by atoms with Gasteiger partial charge in [0.25, 0.3) is 0 Å². The average molecular weight is 283 g/mol. The third kappa shape index (κ3) is 2.46. The lowest BCUT2D eigenvalue weighted by molar-refractivity contribution is 0.0316. The zero-order valence-corrected chi connectivity index (χ0v) is 10.9. The Morgan fingerprint density at radius 2 is 2.06 bits per heavy atom. The molecule has 16 heavy (non-hydrogen) atoms. The maximum Gasteiger partial charge on any atom is 0.339 e. The summed E-state index contributed by atoms with van der Waals surface area (Å²) in [6.07, 6.45) is 4.49. The van der Waals surface area contributed by atoms with Crippen LogP contribution in [0.2, 0.25) is 0 Å². The number of benzene rings is 1. The summed E-state index contributed by atoms with van der Waals surface area (Å²) in [7, 11) is 0. The number of hydrogen-bond acceptors (Lipinski definition) is 2. The number of aryl methyl sites for hydroxylation is 1. The van der Waals surface area contributed by atoms with Gasteiger partial charge in [0.15, 0.2) is 0 Å². The molecular weight excluding hydrogens is 268 g/mol. The highest BCUT2D eigenvalue weighted by Gasteiger charge is 2.21. The van der Waals surface area contributed by atoms with E-state index in [9.17, 15) is 4.79 Å². The molecule has 0 bridgehead atoms. The minimum Gasteiger partial charge on any atom is -0.459 e. The van der Waals surface area contributed by atoms with Crippen molar-refractivity contribution in [1.29, 1.82) is 0 Å². The lowest BCUT2D eigenvalue weighted by Crippen LogP contribution is -2.15. The van der Waals surface area contributed by atoms with E-state index in [4.69, 9.17) is 4.74 Å². The number of ether oxygens (including phenoxy) is 1.